The van der Waals surface area contributed by atoms with Crippen molar-refractivity contribution in [3.63, 3.8) is 0 Å². The smallest absolute Gasteiger partial charge is 0.387 e. The lowest BCUT2D eigenvalue weighted by Gasteiger charge is -2.11. The molecule has 0 radical (unpaired) electrons. The van der Waals surface area contributed by atoms with E-state index in [-0.39, 0.29) is 21.4 Å². The fourth-order valence-corrected chi connectivity index (χ4v) is 3.39. The third-order valence-corrected chi connectivity index (χ3v) is 4.84. The number of nitrogens with zero attached hydrogens (tertiary/aromatic N) is 4. The lowest BCUT2D eigenvalue weighted by atomic mass is 10.3. The van der Waals surface area contributed by atoms with E-state index in [1.807, 2.05) is 0 Å². The molecule has 0 bridgehead atoms. The zero-order valence-electron chi connectivity index (χ0n) is 12.8. The third-order valence-electron chi connectivity index (χ3n) is 3.16. The van der Waals surface area contributed by atoms with Gasteiger partial charge in [-0.05, 0) is 52.9 Å². The molecule has 3 aromatic rings. The van der Waals surface area contributed by atoms with Crippen molar-refractivity contribution in [3.8, 4) is 11.4 Å². The molecule has 0 aliphatic carbocycles. The molecule has 0 atom stereocenters. The van der Waals surface area contributed by atoms with Crippen LogP contribution >= 0.6 is 11.6 Å². The Labute approximate surface area is 151 Å². The number of alkyl halides is 2. The first kappa shape index (κ1) is 18.0. The Bertz CT molecular complexity index is 998. The van der Waals surface area contributed by atoms with Gasteiger partial charge in [0, 0.05) is 5.69 Å². The molecule has 0 amide bonds. The van der Waals surface area contributed by atoms with Crippen LogP contribution < -0.4 is 9.46 Å². The SMILES string of the molecule is O=S(=O)(Nc1ccc(-n2cnnn2)cc1)c1ccc(OC(F)F)c(Cl)c1. The van der Waals surface area contributed by atoms with E-state index in [0.29, 0.717) is 5.69 Å². The Morgan fingerprint density at radius 2 is 1.88 bits per heavy atom. The van der Waals surface area contributed by atoms with Crippen LogP contribution in [0.5, 0.6) is 5.75 Å². The summed E-state index contributed by atoms with van der Waals surface area (Å²) in [4.78, 5) is -0.200. The number of aromatic nitrogens is 4. The standard InChI is InChI=1S/C14H10ClF2N5O3S/c15-12-7-11(5-6-13(12)25-14(16)17)26(23,24)19-9-1-3-10(4-2-9)22-8-18-20-21-22/h1-8,14,19H. The summed E-state index contributed by atoms with van der Waals surface area (Å²) in [5, 5.41) is 10.5. The minimum absolute atomic E-state index is 0.200. The van der Waals surface area contributed by atoms with Crippen LogP contribution in [0.25, 0.3) is 5.69 Å². The number of hydrogen-bond acceptors (Lipinski definition) is 6. The Kier molecular flexibility index (Phi) is 5.00. The number of ether oxygens (including phenoxy) is 1. The average Bonchev–Trinajstić information content (AvgIpc) is 3.11. The van der Waals surface area contributed by atoms with Crippen molar-refractivity contribution in [1.82, 2.24) is 20.2 Å². The van der Waals surface area contributed by atoms with Crippen LogP contribution in [0.1, 0.15) is 0 Å². The highest BCUT2D eigenvalue weighted by Crippen LogP contribution is 2.29. The second-order valence-corrected chi connectivity index (χ2v) is 6.97. The van der Waals surface area contributed by atoms with Gasteiger partial charge in [-0.1, -0.05) is 11.6 Å². The Hall–Kier alpha value is -2.79. The van der Waals surface area contributed by atoms with Gasteiger partial charge in [-0.25, -0.2) is 13.1 Å². The Morgan fingerprint density at radius 3 is 2.46 bits per heavy atom. The van der Waals surface area contributed by atoms with Crippen molar-refractivity contribution in [3.05, 3.63) is 53.8 Å². The zero-order chi connectivity index (χ0) is 18.7. The first-order chi connectivity index (χ1) is 12.3. The van der Waals surface area contributed by atoms with Crippen LogP contribution in [0.4, 0.5) is 14.5 Å². The predicted molar refractivity (Wildman–Crippen MR) is 88.0 cm³/mol. The third kappa shape index (κ3) is 4.06. The molecule has 2 aromatic carbocycles. The molecule has 1 aromatic heterocycles. The molecule has 136 valence electrons. The molecule has 26 heavy (non-hydrogen) atoms. The highest BCUT2D eigenvalue weighted by atomic mass is 35.5. The van der Waals surface area contributed by atoms with Crippen molar-refractivity contribution in [2.24, 2.45) is 0 Å². The average molecular weight is 402 g/mol. The van der Waals surface area contributed by atoms with E-state index in [4.69, 9.17) is 11.6 Å². The molecular formula is C14H10ClF2N5O3S. The maximum absolute atomic E-state index is 12.4. The molecule has 0 unspecified atom stereocenters. The highest BCUT2D eigenvalue weighted by Gasteiger charge is 2.17. The fourth-order valence-electron chi connectivity index (χ4n) is 2.02. The molecule has 0 fully saturated rings. The van der Waals surface area contributed by atoms with Crippen LogP contribution in [-0.4, -0.2) is 35.2 Å². The van der Waals surface area contributed by atoms with Gasteiger partial charge >= 0.3 is 6.61 Å². The minimum atomic E-state index is -3.97. The van der Waals surface area contributed by atoms with Crippen molar-refractivity contribution < 1.29 is 21.9 Å². The molecular weight excluding hydrogens is 392 g/mol. The second-order valence-electron chi connectivity index (χ2n) is 4.88. The molecule has 0 aliphatic rings. The maximum atomic E-state index is 12.4. The number of halogens is 3. The van der Waals surface area contributed by atoms with Crippen LogP contribution in [0.3, 0.4) is 0 Å². The zero-order valence-corrected chi connectivity index (χ0v) is 14.3. The van der Waals surface area contributed by atoms with E-state index in [0.717, 1.165) is 18.2 Å². The number of rotatable bonds is 6. The van der Waals surface area contributed by atoms with E-state index < -0.39 is 16.6 Å². The minimum Gasteiger partial charge on any atom is -0.433 e. The molecule has 1 heterocycles. The van der Waals surface area contributed by atoms with Crippen LogP contribution in [-0.2, 0) is 10.0 Å². The molecule has 8 nitrogen and oxygen atoms in total. The van der Waals surface area contributed by atoms with Gasteiger partial charge in [-0.15, -0.1) is 5.10 Å². The number of sulfonamides is 1. The molecule has 0 saturated carbocycles. The number of hydrogen-bond donors (Lipinski definition) is 1. The topological polar surface area (TPSA) is 99.0 Å². The van der Waals surface area contributed by atoms with Gasteiger partial charge in [-0.2, -0.15) is 8.78 Å². The van der Waals surface area contributed by atoms with Gasteiger partial charge in [0.25, 0.3) is 10.0 Å². The highest BCUT2D eigenvalue weighted by molar-refractivity contribution is 7.92. The van der Waals surface area contributed by atoms with E-state index in [1.54, 1.807) is 12.1 Å². The largest absolute Gasteiger partial charge is 0.433 e. The summed E-state index contributed by atoms with van der Waals surface area (Å²) >= 11 is 5.79. The lowest BCUT2D eigenvalue weighted by molar-refractivity contribution is -0.0498. The van der Waals surface area contributed by atoms with Crippen LogP contribution in [0.15, 0.2) is 53.7 Å². The van der Waals surface area contributed by atoms with E-state index in [1.165, 1.54) is 23.1 Å². The lowest BCUT2D eigenvalue weighted by Crippen LogP contribution is -2.13. The molecule has 1 N–H and O–H groups in total. The predicted octanol–water partition coefficient (Wildman–Crippen LogP) is 2.72. The number of anilines is 1. The van der Waals surface area contributed by atoms with Crippen LogP contribution in [0.2, 0.25) is 5.02 Å². The van der Waals surface area contributed by atoms with Gasteiger partial charge in [0.15, 0.2) is 0 Å². The van der Waals surface area contributed by atoms with Crippen molar-refractivity contribution in [2.45, 2.75) is 11.5 Å². The quantitative estimate of drug-likeness (QED) is 0.681. The Morgan fingerprint density at radius 1 is 1.15 bits per heavy atom. The number of nitrogens with one attached hydrogen (secondary N) is 1. The normalized spacial score (nSPS) is 11.5. The first-order valence-electron chi connectivity index (χ1n) is 6.96. The summed E-state index contributed by atoms with van der Waals surface area (Å²) < 4.78 is 57.2. The summed E-state index contributed by atoms with van der Waals surface area (Å²) in [6.45, 7) is -3.06. The summed E-state index contributed by atoms with van der Waals surface area (Å²) in [5.74, 6) is -0.314. The molecule has 0 saturated heterocycles. The van der Waals surface area contributed by atoms with Crippen LogP contribution in [0, 0.1) is 0 Å². The number of benzene rings is 2. The Balaban J connectivity index is 1.79. The molecule has 0 spiro atoms. The summed E-state index contributed by atoms with van der Waals surface area (Å²) in [7, 11) is -3.97. The monoisotopic (exact) mass is 401 g/mol. The fraction of sp³-hybridized carbons (Fsp3) is 0.0714. The van der Waals surface area contributed by atoms with Gasteiger partial charge in [-0.3, -0.25) is 4.72 Å². The maximum Gasteiger partial charge on any atom is 0.387 e. The van der Waals surface area contributed by atoms with E-state index in [2.05, 4.69) is 25.0 Å². The van der Waals surface area contributed by atoms with Crippen molar-refractivity contribution >= 4 is 27.3 Å². The van der Waals surface area contributed by atoms with Crippen molar-refractivity contribution in [1.29, 1.82) is 0 Å². The van der Waals surface area contributed by atoms with Gasteiger partial charge < -0.3 is 4.74 Å². The molecule has 12 heteroatoms. The molecule has 3 rings (SSSR count). The summed E-state index contributed by atoms with van der Waals surface area (Å²) in [6, 6.07) is 9.46. The first-order valence-corrected chi connectivity index (χ1v) is 8.82. The number of tetrazole rings is 1. The van der Waals surface area contributed by atoms with Crippen molar-refractivity contribution in [2.75, 3.05) is 4.72 Å². The summed E-state index contributed by atoms with van der Waals surface area (Å²) in [6.07, 6.45) is 1.39. The van der Waals surface area contributed by atoms with Gasteiger partial charge in [0.05, 0.1) is 15.6 Å². The second kappa shape index (κ2) is 7.22. The molecule has 0 aliphatic heterocycles. The van der Waals surface area contributed by atoms with Gasteiger partial charge in [0.2, 0.25) is 0 Å². The summed E-state index contributed by atoms with van der Waals surface area (Å²) in [5.41, 5.74) is 0.917. The van der Waals surface area contributed by atoms with E-state index in [9.17, 15) is 17.2 Å². The van der Waals surface area contributed by atoms with E-state index >= 15 is 0 Å². The van der Waals surface area contributed by atoms with Gasteiger partial charge in [0.1, 0.15) is 12.1 Å².